The lowest BCUT2D eigenvalue weighted by molar-refractivity contribution is -0.646. The Morgan fingerprint density at radius 1 is 1.03 bits per heavy atom. The van der Waals surface area contributed by atoms with Gasteiger partial charge in [0, 0.05) is 61.7 Å². The van der Waals surface area contributed by atoms with Gasteiger partial charge in [-0.25, -0.2) is 0 Å². The van der Waals surface area contributed by atoms with E-state index < -0.39 is 0 Å². The van der Waals surface area contributed by atoms with Crippen molar-refractivity contribution in [2.75, 3.05) is 49.2 Å². The van der Waals surface area contributed by atoms with E-state index in [0.717, 1.165) is 56.3 Å². The van der Waals surface area contributed by atoms with E-state index >= 15 is 0 Å². The Morgan fingerprint density at radius 2 is 1.77 bits per heavy atom. The molecule has 0 spiro atoms. The number of benzene rings is 2. The van der Waals surface area contributed by atoms with Crippen LogP contribution in [-0.4, -0.2) is 44.5 Å². The molecule has 0 saturated carbocycles. The molecule has 1 fully saturated rings. The summed E-state index contributed by atoms with van der Waals surface area (Å²) in [7, 11) is 2.09. The van der Waals surface area contributed by atoms with Crippen molar-refractivity contribution in [2.24, 2.45) is 7.05 Å². The predicted molar refractivity (Wildman–Crippen MR) is 129 cm³/mol. The van der Waals surface area contributed by atoms with Crippen molar-refractivity contribution in [3.05, 3.63) is 59.8 Å². The number of phenols is 1. The quantitative estimate of drug-likeness (QED) is 0.609. The van der Waals surface area contributed by atoms with Gasteiger partial charge in [0.1, 0.15) is 12.8 Å². The molecule has 1 aromatic heterocycles. The van der Waals surface area contributed by atoms with Gasteiger partial charge in [0.15, 0.2) is 0 Å². The van der Waals surface area contributed by atoms with E-state index in [1.807, 2.05) is 18.2 Å². The number of aromatic nitrogens is 1. The Hall–Kier alpha value is -3.05. The summed E-state index contributed by atoms with van der Waals surface area (Å²) in [6.45, 7) is 9.40. The van der Waals surface area contributed by atoms with Crippen LogP contribution >= 0.6 is 0 Å². The average Bonchev–Trinajstić information content (AvgIpc) is 2.81. The molecular formula is C26H32N3O2+. The molecule has 0 radical (unpaired) electrons. The molecule has 1 aliphatic rings. The molecule has 0 bridgehead atoms. The van der Waals surface area contributed by atoms with Crippen LogP contribution in [0, 0.1) is 0 Å². The molecule has 1 N–H and O–H groups in total. The highest BCUT2D eigenvalue weighted by molar-refractivity contribution is 5.91. The summed E-state index contributed by atoms with van der Waals surface area (Å²) in [4.78, 5) is 4.63. The largest absolute Gasteiger partial charge is 0.507 e. The lowest BCUT2D eigenvalue weighted by Crippen LogP contribution is -2.38. The maximum atomic E-state index is 10.6. The van der Waals surface area contributed by atoms with Crippen LogP contribution in [0.15, 0.2) is 48.5 Å². The number of fused-ring (bicyclic) bond motifs is 1. The molecule has 162 valence electrons. The number of aromatic hydroxyl groups is 1. The second-order valence-electron chi connectivity index (χ2n) is 7.88. The molecule has 2 heterocycles. The monoisotopic (exact) mass is 418 g/mol. The molecule has 0 unspecified atom stereocenters. The molecule has 0 aliphatic carbocycles. The van der Waals surface area contributed by atoms with Crippen LogP contribution < -0.4 is 14.4 Å². The molecule has 3 aromatic rings. The van der Waals surface area contributed by atoms with Gasteiger partial charge < -0.3 is 19.6 Å². The van der Waals surface area contributed by atoms with Crippen LogP contribution in [0.3, 0.4) is 0 Å². The summed E-state index contributed by atoms with van der Waals surface area (Å²) in [5.41, 5.74) is 5.37. The molecule has 5 nitrogen and oxygen atoms in total. The normalized spacial score (nSPS) is 14.5. The first-order chi connectivity index (χ1) is 15.1. The highest BCUT2D eigenvalue weighted by atomic mass is 16.5. The molecule has 1 saturated heterocycles. The van der Waals surface area contributed by atoms with Crippen molar-refractivity contribution in [1.82, 2.24) is 0 Å². The highest BCUT2D eigenvalue weighted by Gasteiger charge is 2.20. The summed E-state index contributed by atoms with van der Waals surface area (Å²) in [5.74, 6) is 0.303. The maximum absolute atomic E-state index is 10.6. The Balaban J connectivity index is 1.71. The first kappa shape index (κ1) is 21.2. The number of para-hydroxylation sites is 1. The smallest absolute Gasteiger partial charge is 0.214 e. The standard InChI is InChI=1S/C26H31N3O2/c1-4-28(5-2)22-13-11-20(26(30)19-22)10-12-21-18-25(29-14-16-31-17-15-29)23-8-6-7-9-24(23)27(21)3/h6-13,18-19H,4-5,14-17H2,1-3H3/p+1. The number of anilines is 2. The van der Waals surface area contributed by atoms with Crippen molar-refractivity contribution in [2.45, 2.75) is 13.8 Å². The topological polar surface area (TPSA) is 39.8 Å². The van der Waals surface area contributed by atoms with E-state index in [0.29, 0.717) is 5.75 Å². The first-order valence-corrected chi connectivity index (χ1v) is 11.1. The lowest BCUT2D eigenvalue weighted by Gasteiger charge is -2.29. The summed E-state index contributed by atoms with van der Waals surface area (Å²) >= 11 is 0. The number of hydrogen-bond donors (Lipinski definition) is 1. The van der Waals surface area contributed by atoms with Crippen LogP contribution in [-0.2, 0) is 11.8 Å². The van der Waals surface area contributed by atoms with Gasteiger partial charge in [0.05, 0.1) is 24.3 Å². The molecule has 0 amide bonds. The Labute approximate surface area is 184 Å². The average molecular weight is 419 g/mol. The number of pyridine rings is 1. The van der Waals surface area contributed by atoms with E-state index in [9.17, 15) is 5.11 Å². The van der Waals surface area contributed by atoms with E-state index in [2.05, 4.69) is 77.7 Å². The zero-order valence-electron chi connectivity index (χ0n) is 18.7. The number of aryl methyl sites for hydroxylation is 1. The van der Waals surface area contributed by atoms with Crippen LogP contribution in [0.1, 0.15) is 25.1 Å². The fourth-order valence-electron chi connectivity index (χ4n) is 4.30. The zero-order chi connectivity index (χ0) is 21.8. The lowest BCUT2D eigenvalue weighted by atomic mass is 10.1. The minimum atomic E-state index is 0.303. The second-order valence-corrected chi connectivity index (χ2v) is 7.88. The van der Waals surface area contributed by atoms with Gasteiger partial charge in [0.25, 0.3) is 0 Å². The van der Waals surface area contributed by atoms with Gasteiger partial charge >= 0.3 is 0 Å². The highest BCUT2D eigenvalue weighted by Crippen LogP contribution is 2.29. The van der Waals surface area contributed by atoms with E-state index in [1.165, 1.54) is 16.6 Å². The van der Waals surface area contributed by atoms with E-state index in [1.54, 1.807) is 0 Å². The van der Waals surface area contributed by atoms with Crippen molar-refractivity contribution >= 4 is 34.4 Å². The zero-order valence-corrected chi connectivity index (χ0v) is 18.7. The van der Waals surface area contributed by atoms with E-state index in [4.69, 9.17) is 4.74 Å². The van der Waals surface area contributed by atoms with Crippen molar-refractivity contribution in [1.29, 1.82) is 0 Å². The summed E-state index contributed by atoms with van der Waals surface area (Å²) in [6.07, 6.45) is 4.08. The molecule has 1 aliphatic heterocycles. The van der Waals surface area contributed by atoms with Gasteiger partial charge in [-0.1, -0.05) is 12.1 Å². The number of nitrogens with zero attached hydrogens (tertiary/aromatic N) is 3. The fourth-order valence-corrected chi connectivity index (χ4v) is 4.30. The fraction of sp³-hybridized carbons (Fsp3) is 0.346. The Bertz CT molecular complexity index is 1080. The summed E-state index contributed by atoms with van der Waals surface area (Å²) in [6, 6.07) is 16.7. The van der Waals surface area contributed by atoms with Gasteiger partial charge in [-0.05, 0) is 38.1 Å². The summed E-state index contributed by atoms with van der Waals surface area (Å²) in [5, 5.41) is 11.8. The second kappa shape index (κ2) is 9.40. The predicted octanol–water partition coefficient (Wildman–Crippen LogP) is 4.22. The van der Waals surface area contributed by atoms with Gasteiger partial charge in [-0.3, -0.25) is 0 Å². The van der Waals surface area contributed by atoms with Gasteiger partial charge in [0.2, 0.25) is 11.2 Å². The number of ether oxygens (including phenoxy) is 1. The van der Waals surface area contributed by atoms with Crippen molar-refractivity contribution in [3.8, 4) is 5.75 Å². The SMILES string of the molecule is CCN(CC)c1ccc(C=Cc2cc(N3CCOCC3)c3ccccc3[n+]2C)c(O)c1. The Morgan fingerprint density at radius 3 is 2.48 bits per heavy atom. The van der Waals surface area contributed by atoms with Crippen LogP contribution in [0.4, 0.5) is 11.4 Å². The third-order valence-electron chi connectivity index (χ3n) is 6.14. The van der Waals surface area contributed by atoms with Gasteiger partial charge in [-0.15, -0.1) is 0 Å². The molecule has 5 heteroatoms. The summed E-state index contributed by atoms with van der Waals surface area (Å²) < 4.78 is 7.76. The molecule has 31 heavy (non-hydrogen) atoms. The van der Waals surface area contributed by atoms with Crippen molar-refractivity contribution < 1.29 is 14.4 Å². The number of hydrogen-bond acceptors (Lipinski definition) is 4. The molecular weight excluding hydrogens is 386 g/mol. The molecule has 2 aromatic carbocycles. The first-order valence-electron chi connectivity index (χ1n) is 11.1. The van der Waals surface area contributed by atoms with Crippen molar-refractivity contribution in [3.63, 3.8) is 0 Å². The maximum Gasteiger partial charge on any atom is 0.214 e. The van der Waals surface area contributed by atoms with Crippen LogP contribution in [0.25, 0.3) is 23.1 Å². The van der Waals surface area contributed by atoms with Crippen LogP contribution in [0.2, 0.25) is 0 Å². The number of phenolic OH excluding ortho intramolecular Hbond substituents is 1. The number of morpholine rings is 1. The molecule has 4 rings (SSSR count). The van der Waals surface area contributed by atoms with Crippen LogP contribution in [0.5, 0.6) is 5.75 Å². The number of rotatable bonds is 6. The third kappa shape index (κ3) is 4.37. The van der Waals surface area contributed by atoms with Gasteiger partial charge in [-0.2, -0.15) is 4.57 Å². The van der Waals surface area contributed by atoms with E-state index in [-0.39, 0.29) is 0 Å². The molecule has 0 atom stereocenters. The Kier molecular flexibility index (Phi) is 6.42. The third-order valence-corrected chi connectivity index (χ3v) is 6.14. The minimum Gasteiger partial charge on any atom is -0.507 e. The minimum absolute atomic E-state index is 0.303.